The average molecular weight is 465 g/mol. The molecule has 1 atom stereocenters. The van der Waals surface area contributed by atoms with Crippen molar-refractivity contribution in [2.75, 3.05) is 13.7 Å². The fraction of sp³-hybridized carbons (Fsp3) is 0.444. The van der Waals surface area contributed by atoms with E-state index in [1.807, 2.05) is 31.2 Å². The quantitative estimate of drug-likeness (QED) is 0.573. The van der Waals surface area contributed by atoms with Gasteiger partial charge in [0.2, 0.25) is 5.91 Å². The number of alkyl carbamates (subject to hydrolysis) is 1. The summed E-state index contributed by atoms with van der Waals surface area (Å²) in [4.78, 5) is 38.1. The number of hydrogen-bond donors (Lipinski definition) is 2. The Morgan fingerprint density at radius 2 is 1.65 bits per heavy atom. The molecule has 0 radical (unpaired) electrons. The standard InChI is InChI=1S/C27H32N2O5/c1-3-8-18(15-25(30)29(2)19-13-17(14-19)26(31)32)28-27(33)34-16-24-22-11-6-4-9-20(22)21-10-5-7-12-23(21)24/h4-7,9-12,17-19,24H,3,8,13-16H2,1-2H3,(H,28,33)(H,31,32)/t17?,18-,19?/m0/s1. The van der Waals surface area contributed by atoms with Crippen molar-refractivity contribution >= 4 is 18.0 Å². The lowest BCUT2D eigenvalue weighted by Crippen LogP contribution is -2.49. The van der Waals surface area contributed by atoms with Crippen LogP contribution in [0.3, 0.4) is 0 Å². The van der Waals surface area contributed by atoms with E-state index in [0.29, 0.717) is 19.3 Å². The molecule has 0 heterocycles. The fourth-order valence-electron chi connectivity index (χ4n) is 5.04. The molecule has 0 unspecified atom stereocenters. The molecule has 2 aliphatic carbocycles. The van der Waals surface area contributed by atoms with Crippen LogP contribution in [0.15, 0.2) is 48.5 Å². The molecule has 0 bridgehead atoms. The zero-order valence-electron chi connectivity index (χ0n) is 19.7. The first-order valence-corrected chi connectivity index (χ1v) is 12.0. The van der Waals surface area contributed by atoms with Crippen molar-refractivity contribution in [1.82, 2.24) is 10.2 Å². The van der Waals surface area contributed by atoms with Crippen LogP contribution in [0.4, 0.5) is 4.79 Å². The van der Waals surface area contributed by atoms with Crippen LogP contribution in [0.2, 0.25) is 0 Å². The van der Waals surface area contributed by atoms with Crippen molar-refractivity contribution < 1.29 is 24.2 Å². The minimum absolute atomic E-state index is 0.0173. The van der Waals surface area contributed by atoms with Crippen LogP contribution >= 0.6 is 0 Å². The number of nitrogens with one attached hydrogen (secondary N) is 1. The van der Waals surface area contributed by atoms with Crippen LogP contribution in [-0.2, 0) is 14.3 Å². The molecule has 4 rings (SSSR count). The molecule has 2 aliphatic rings. The summed E-state index contributed by atoms with van der Waals surface area (Å²) in [5.74, 6) is -1.29. The lowest BCUT2D eigenvalue weighted by Gasteiger charge is -2.39. The van der Waals surface area contributed by atoms with Gasteiger partial charge in [-0.15, -0.1) is 0 Å². The van der Waals surface area contributed by atoms with Crippen LogP contribution in [0.25, 0.3) is 11.1 Å². The second-order valence-corrected chi connectivity index (χ2v) is 9.32. The van der Waals surface area contributed by atoms with Crippen LogP contribution < -0.4 is 5.32 Å². The molecule has 2 amide bonds. The van der Waals surface area contributed by atoms with Gasteiger partial charge in [-0.3, -0.25) is 9.59 Å². The van der Waals surface area contributed by atoms with Gasteiger partial charge in [0, 0.05) is 31.5 Å². The highest BCUT2D eigenvalue weighted by Gasteiger charge is 2.38. The number of benzene rings is 2. The van der Waals surface area contributed by atoms with Crippen molar-refractivity contribution in [3.05, 3.63) is 59.7 Å². The van der Waals surface area contributed by atoms with E-state index in [1.165, 1.54) is 11.1 Å². The second kappa shape index (κ2) is 10.3. The number of rotatable bonds is 9. The first-order valence-electron chi connectivity index (χ1n) is 12.0. The van der Waals surface area contributed by atoms with E-state index in [0.717, 1.165) is 17.5 Å². The Morgan fingerprint density at radius 1 is 1.06 bits per heavy atom. The maximum Gasteiger partial charge on any atom is 0.407 e. The van der Waals surface area contributed by atoms with Crippen molar-refractivity contribution in [3.8, 4) is 11.1 Å². The molecule has 1 fully saturated rings. The number of carbonyl (C=O) groups is 3. The van der Waals surface area contributed by atoms with Crippen molar-refractivity contribution in [1.29, 1.82) is 0 Å². The summed E-state index contributed by atoms with van der Waals surface area (Å²) >= 11 is 0. The van der Waals surface area contributed by atoms with E-state index in [9.17, 15) is 14.4 Å². The van der Waals surface area contributed by atoms with Gasteiger partial charge < -0.3 is 20.1 Å². The average Bonchev–Trinajstić information content (AvgIpc) is 3.10. The van der Waals surface area contributed by atoms with E-state index in [4.69, 9.17) is 9.84 Å². The van der Waals surface area contributed by atoms with Crippen molar-refractivity contribution in [2.45, 2.75) is 57.0 Å². The van der Waals surface area contributed by atoms with Crippen molar-refractivity contribution in [2.24, 2.45) is 5.92 Å². The summed E-state index contributed by atoms with van der Waals surface area (Å²) in [6.07, 6.45) is 2.08. The Labute approximate surface area is 200 Å². The van der Waals surface area contributed by atoms with Gasteiger partial charge in [0.15, 0.2) is 0 Å². The third-order valence-corrected chi connectivity index (χ3v) is 7.13. The van der Waals surface area contributed by atoms with E-state index < -0.39 is 12.1 Å². The third kappa shape index (κ3) is 4.93. The zero-order valence-corrected chi connectivity index (χ0v) is 19.7. The lowest BCUT2D eigenvalue weighted by atomic mass is 9.79. The van der Waals surface area contributed by atoms with Gasteiger partial charge >= 0.3 is 12.1 Å². The van der Waals surface area contributed by atoms with E-state index in [2.05, 4.69) is 29.6 Å². The van der Waals surface area contributed by atoms with Crippen LogP contribution in [0.5, 0.6) is 0 Å². The Kier molecular flexibility index (Phi) is 7.20. The fourth-order valence-corrected chi connectivity index (χ4v) is 5.04. The lowest BCUT2D eigenvalue weighted by molar-refractivity contribution is -0.150. The number of carboxylic acid groups (broad SMARTS) is 1. The predicted molar refractivity (Wildman–Crippen MR) is 128 cm³/mol. The molecular formula is C27H32N2O5. The number of aliphatic carboxylic acids is 1. The number of fused-ring (bicyclic) bond motifs is 3. The summed E-state index contributed by atoms with van der Waals surface area (Å²) in [7, 11) is 1.71. The Bertz CT molecular complexity index is 1020. The zero-order chi connectivity index (χ0) is 24.2. The van der Waals surface area contributed by atoms with E-state index in [1.54, 1.807) is 11.9 Å². The normalized spacial score (nSPS) is 19.4. The maximum absolute atomic E-state index is 12.7. The summed E-state index contributed by atoms with van der Waals surface area (Å²) in [6, 6.07) is 16.0. The minimum atomic E-state index is -0.808. The number of carboxylic acids is 1. The topological polar surface area (TPSA) is 95.9 Å². The number of hydrogen-bond acceptors (Lipinski definition) is 4. The van der Waals surface area contributed by atoms with Crippen LogP contribution in [-0.4, -0.2) is 53.7 Å². The summed E-state index contributed by atoms with van der Waals surface area (Å²) in [6.45, 7) is 2.23. The SMILES string of the molecule is CCC[C@@H](CC(=O)N(C)C1CC(C(=O)O)C1)NC(=O)OCC1c2ccccc2-c2ccccc21. The van der Waals surface area contributed by atoms with E-state index in [-0.39, 0.29) is 42.9 Å². The minimum Gasteiger partial charge on any atom is -0.481 e. The predicted octanol–water partition coefficient (Wildman–Crippen LogP) is 4.41. The Morgan fingerprint density at radius 3 is 2.21 bits per heavy atom. The Hall–Kier alpha value is -3.35. The first-order chi connectivity index (χ1) is 16.4. The number of carbonyl (C=O) groups excluding carboxylic acids is 2. The van der Waals surface area contributed by atoms with Gasteiger partial charge in [-0.1, -0.05) is 61.9 Å². The largest absolute Gasteiger partial charge is 0.481 e. The molecule has 7 nitrogen and oxygen atoms in total. The third-order valence-electron chi connectivity index (χ3n) is 7.13. The molecule has 2 aromatic rings. The number of amides is 2. The summed E-state index contributed by atoms with van der Waals surface area (Å²) in [5.41, 5.74) is 4.65. The van der Waals surface area contributed by atoms with Gasteiger partial charge in [0.05, 0.1) is 5.92 Å². The van der Waals surface area contributed by atoms with Gasteiger partial charge in [0.25, 0.3) is 0 Å². The molecular weight excluding hydrogens is 432 g/mol. The molecule has 1 saturated carbocycles. The van der Waals surface area contributed by atoms with E-state index >= 15 is 0 Å². The van der Waals surface area contributed by atoms with Gasteiger partial charge in [0.1, 0.15) is 6.61 Å². The smallest absolute Gasteiger partial charge is 0.407 e. The van der Waals surface area contributed by atoms with Crippen LogP contribution in [0, 0.1) is 5.92 Å². The highest BCUT2D eigenvalue weighted by molar-refractivity contribution is 5.80. The molecule has 7 heteroatoms. The molecule has 0 spiro atoms. The Balaban J connectivity index is 1.32. The summed E-state index contributed by atoms with van der Waals surface area (Å²) in [5, 5.41) is 11.9. The number of ether oxygens (including phenoxy) is 1. The van der Waals surface area contributed by atoms with Gasteiger partial charge in [-0.25, -0.2) is 4.79 Å². The molecule has 180 valence electrons. The number of nitrogens with zero attached hydrogens (tertiary/aromatic N) is 1. The maximum atomic E-state index is 12.7. The first kappa shape index (κ1) is 23.8. The van der Waals surface area contributed by atoms with Crippen molar-refractivity contribution in [3.63, 3.8) is 0 Å². The molecule has 2 aromatic carbocycles. The highest BCUT2D eigenvalue weighted by atomic mass is 16.5. The van der Waals surface area contributed by atoms with Gasteiger partial charge in [-0.2, -0.15) is 0 Å². The molecule has 0 saturated heterocycles. The monoisotopic (exact) mass is 464 g/mol. The molecule has 34 heavy (non-hydrogen) atoms. The highest BCUT2D eigenvalue weighted by Crippen LogP contribution is 2.44. The summed E-state index contributed by atoms with van der Waals surface area (Å²) < 4.78 is 5.64. The molecule has 0 aromatic heterocycles. The molecule has 0 aliphatic heterocycles. The van der Waals surface area contributed by atoms with Crippen LogP contribution in [0.1, 0.15) is 56.1 Å². The second-order valence-electron chi connectivity index (χ2n) is 9.32. The molecule has 2 N–H and O–H groups in total. The van der Waals surface area contributed by atoms with Gasteiger partial charge in [-0.05, 0) is 41.5 Å².